The molecule has 1 amide bonds. The van der Waals surface area contributed by atoms with Gasteiger partial charge in [-0.05, 0) is 37.5 Å². The zero-order chi connectivity index (χ0) is 31.6. The number of fused-ring (bicyclic) bond motifs is 1. The molecule has 2 aromatic carbocycles. The van der Waals surface area contributed by atoms with Crippen LogP contribution < -0.4 is 20.3 Å². The number of nitrogens with one attached hydrogen (secondary N) is 2. The number of hydrogen-bond acceptors (Lipinski definition) is 10. The molecule has 0 bridgehead atoms. The van der Waals surface area contributed by atoms with Crippen LogP contribution >= 0.6 is 0 Å². The van der Waals surface area contributed by atoms with Gasteiger partial charge in [-0.1, -0.05) is 24.8 Å². The fourth-order valence-corrected chi connectivity index (χ4v) is 4.89. The first kappa shape index (κ1) is 30.4. The lowest BCUT2D eigenvalue weighted by Gasteiger charge is -2.26. The van der Waals surface area contributed by atoms with E-state index in [1.165, 1.54) is 6.08 Å². The van der Waals surface area contributed by atoms with Crippen LogP contribution in [0.3, 0.4) is 0 Å². The van der Waals surface area contributed by atoms with E-state index in [1.54, 1.807) is 33.2 Å². The zero-order valence-corrected chi connectivity index (χ0v) is 26.1. The highest BCUT2D eigenvalue weighted by molar-refractivity contribution is 6.05. The molecule has 2 aromatic heterocycles. The van der Waals surface area contributed by atoms with Crippen LogP contribution in [0.4, 0.5) is 23.0 Å². The molecule has 0 saturated heterocycles. The summed E-state index contributed by atoms with van der Waals surface area (Å²) >= 11 is 0. The number of amides is 1. The molecule has 2 N–H and O–H groups in total. The molecule has 0 atom stereocenters. The van der Waals surface area contributed by atoms with Crippen molar-refractivity contribution >= 4 is 45.7 Å². The second-order valence-corrected chi connectivity index (χ2v) is 11.2. The molecule has 0 spiro atoms. The van der Waals surface area contributed by atoms with Crippen molar-refractivity contribution in [3.8, 4) is 17.0 Å². The van der Waals surface area contributed by atoms with E-state index in [0.717, 1.165) is 35.2 Å². The van der Waals surface area contributed by atoms with Crippen LogP contribution in [0.25, 0.3) is 22.2 Å². The second-order valence-electron chi connectivity index (χ2n) is 11.2. The first-order valence-electron chi connectivity index (χ1n) is 14.1. The maximum Gasteiger partial charge on any atom is 0.271 e. The van der Waals surface area contributed by atoms with Crippen LogP contribution in [0.15, 0.2) is 66.6 Å². The number of aryl methyl sites for hydroxylation is 1. The van der Waals surface area contributed by atoms with Gasteiger partial charge in [0.05, 0.1) is 35.4 Å². The number of carbonyl (C=O) groups is 1. The first-order chi connectivity index (χ1) is 21.0. The fourth-order valence-electron chi connectivity index (χ4n) is 4.89. The van der Waals surface area contributed by atoms with Gasteiger partial charge in [-0.3, -0.25) is 4.79 Å². The van der Waals surface area contributed by atoms with E-state index in [0.29, 0.717) is 40.2 Å². The molecule has 230 valence electrons. The molecular formula is C32H38N8O4. The van der Waals surface area contributed by atoms with Gasteiger partial charge >= 0.3 is 0 Å². The number of methoxy groups -OCH3 is 1. The van der Waals surface area contributed by atoms with Gasteiger partial charge in [-0.15, -0.1) is 0 Å². The quantitative estimate of drug-likeness (QED) is 0.231. The maximum absolute atomic E-state index is 12.4. The zero-order valence-electron chi connectivity index (χ0n) is 26.1. The van der Waals surface area contributed by atoms with E-state index >= 15 is 0 Å². The highest BCUT2D eigenvalue weighted by Gasteiger charge is 2.33. The van der Waals surface area contributed by atoms with Crippen molar-refractivity contribution in [2.45, 2.75) is 19.6 Å². The summed E-state index contributed by atoms with van der Waals surface area (Å²) < 4.78 is 13.8. The van der Waals surface area contributed by atoms with Crippen LogP contribution in [-0.4, -0.2) is 78.4 Å². The number of nitrogens with zero attached hydrogens (tertiary/aromatic N) is 6. The van der Waals surface area contributed by atoms with Gasteiger partial charge in [-0.2, -0.15) is 0 Å². The van der Waals surface area contributed by atoms with Crippen molar-refractivity contribution in [1.82, 2.24) is 19.4 Å². The van der Waals surface area contributed by atoms with Crippen LogP contribution in [-0.2, 0) is 21.4 Å². The predicted molar refractivity (Wildman–Crippen MR) is 174 cm³/mol. The highest BCUT2D eigenvalue weighted by atomic mass is 16.8. The number of carbonyl (C=O) groups excluding carboxylic acids is 1. The van der Waals surface area contributed by atoms with Crippen LogP contribution in [0, 0.1) is 0 Å². The Balaban J connectivity index is 1.60. The van der Waals surface area contributed by atoms with E-state index in [1.807, 2.05) is 63.2 Å². The van der Waals surface area contributed by atoms with Crippen molar-refractivity contribution in [2.24, 2.45) is 12.2 Å². The minimum Gasteiger partial charge on any atom is -0.494 e. The SMILES string of the molecule is C=CC(=O)Nc1cc(Nc2ncc(C3=NOC(C)(C)O3)c(-c3cn(C)c4ccccc34)n2)c(OC)cc1N(C)CCN(C)C. The van der Waals surface area contributed by atoms with Crippen molar-refractivity contribution in [3.05, 3.63) is 67.0 Å². The van der Waals surface area contributed by atoms with Crippen molar-refractivity contribution in [1.29, 1.82) is 0 Å². The number of anilines is 4. The Kier molecular flexibility index (Phi) is 8.45. The summed E-state index contributed by atoms with van der Waals surface area (Å²) in [6.45, 7) is 8.72. The van der Waals surface area contributed by atoms with Crippen LogP contribution in [0.2, 0.25) is 0 Å². The molecule has 0 saturated carbocycles. The minimum absolute atomic E-state index is 0.293. The molecule has 12 nitrogen and oxygen atoms in total. The molecule has 44 heavy (non-hydrogen) atoms. The summed E-state index contributed by atoms with van der Waals surface area (Å²) in [5.41, 5.74) is 5.05. The van der Waals surface area contributed by atoms with Gasteiger partial charge in [0.15, 0.2) is 0 Å². The lowest BCUT2D eigenvalue weighted by atomic mass is 10.1. The molecule has 0 radical (unpaired) electrons. The molecule has 3 heterocycles. The predicted octanol–water partition coefficient (Wildman–Crippen LogP) is 4.95. The van der Waals surface area contributed by atoms with E-state index in [4.69, 9.17) is 19.3 Å². The van der Waals surface area contributed by atoms with Crippen molar-refractivity contribution in [2.75, 3.05) is 56.9 Å². The summed E-state index contributed by atoms with van der Waals surface area (Å²) in [5, 5.41) is 11.4. The smallest absolute Gasteiger partial charge is 0.271 e. The monoisotopic (exact) mass is 598 g/mol. The number of benzene rings is 2. The standard InChI is InChI=1S/C32H38N8O4/c1-9-28(41)34-23-16-24(27(42-8)17-26(23)39(6)15-14-38(4)5)35-31-33-18-21(30-37-44-32(2,3)43-30)29(36-31)22-19-40(7)25-13-11-10-12-20(22)25/h9-13,16-19H,1,14-15H2,2-8H3,(H,34,41)(H,33,35,36). The third-order valence-electron chi connectivity index (χ3n) is 7.16. The molecule has 12 heteroatoms. The molecule has 1 aliphatic heterocycles. The van der Waals surface area contributed by atoms with Gasteiger partial charge < -0.3 is 39.3 Å². The van der Waals surface area contributed by atoms with Gasteiger partial charge in [-0.25, -0.2) is 9.97 Å². The molecule has 0 unspecified atom stereocenters. The lowest BCUT2D eigenvalue weighted by molar-refractivity contribution is -0.128. The largest absolute Gasteiger partial charge is 0.494 e. The van der Waals surface area contributed by atoms with E-state index < -0.39 is 5.79 Å². The Labute approximate surface area is 256 Å². The number of likely N-dealkylation sites (N-methyl/N-ethyl adjacent to an activating group) is 2. The van der Waals surface area contributed by atoms with E-state index in [9.17, 15) is 4.79 Å². The molecule has 1 aliphatic rings. The number of ether oxygens (including phenoxy) is 2. The van der Waals surface area contributed by atoms with Gasteiger partial charge in [0.1, 0.15) is 5.75 Å². The third-order valence-corrected chi connectivity index (χ3v) is 7.16. The molecule has 0 aliphatic carbocycles. The average molecular weight is 599 g/mol. The summed E-state index contributed by atoms with van der Waals surface area (Å²) in [7, 11) is 9.57. The number of aromatic nitrogens is 3. The second kappa shape index (κ2) is 12.3. The van der Waals surface area contributed by atoms with Gasteiger partial charge in [0, 0.05) is 76.0 Å². The Morgan fingerprint density at radius 1 is 1.14 bits per heavy atom. The van der Waals surface area contributed by atoms with E-state index in [2.05, 4.69) is 43.2 Å². The van der Waals surface area contributed by atoms with Crippen molar-refractivity contribution < 1.29 is 19.1 Å². The average Bonchev–Trinajstić information content (AvgIpc) is 3.54. The summed E-state index contributed by atoms with van der Waals surface area (Å²) in [6, 6.07) is 11.8. The topological polar surface area (TPSA) is 118 Å². The maximum atomic E-state index is 12.4. The first-order valence-corrected chi connectivity index (χ1v) is 14.1. The third kappa shape index (κ3) is 6.30. The van der Waals surface area contributed by atoms with Crippen molar-refractivity contribution in [3.63, 3.8) is 0 Å². The summed E-state index contributed by atoms with van der Waals surface area (Å²) in [4.78, 5) is 31.6. The van der Waals surface area contributed by atoms with Gasteiger partial charge in [0.2, 0.25) is 11.9 Å². The highest BCUT2D eigenvalue weighted by Crippen LogP contribution is 2.39. The Morgan fingerprint density at radius 2 is 1.91 bits per heavy atom. The van der Waals surface area contributed by atoms with E-state index in [-0.39, 0.29) is 5.91 Å². The Bertz CT molecular complexity index is 1740. The molecular weight excluding hydrogens is 560 g/mol. The minimum atomic E-state index is -0.913. The number of para-hydroxylation sites is 1. The Morgan fingerprint density at radius 3 is 2.59 bits per heavy atom. The van der Waals surface area contributed by atoms with Gasteiger partial charge in [0.25, 0.3) is 11.7 Å². The van der Waals surface area contributed by atoms with Crippen LogP contribution in [0.1, 0.15) is 19.4 Å². The fraction of sp³-hybridized carbons (Fsp3) is 0.312. The lowest BCUT2D eigenvalue weighted by Crippen LogP contribution is -2.29. The number of oxime groups is 1. The molecule has 0 fully saturated rings. The number of rotatable bonds is 11. The summed E-state index contributed by atoms with van der Waals surface area (Å²) in [6.07, 6.45) is 4.91. The molecule has 4 aromatic rings. The normalized spacial score (nSPS) is 13.7. The number of hydrogen-bond donors (Lipinski definition) is 2. The Hall–Kier alpha value is -5.10. The molecule has 5 rings (SSSR count). The summed E-state index contributed by atoms with van der Waals surface area (Å²) in [5.74, 6) is -0.0928. The van der Waals surface area contributed by atoms with Crippen LogP contribution in [0.5, 0.6) is 5.75 Å².